The van der Waals surface area contributed by atoms with Crippen LogP contribution in [0.2, 0.25) is 0 Å². The highest BCUT2D eigenvalue weighted by molar-refractivity contribution is 7.10. The number of anilines is 1. The number of ether oxygens (including phenoxy) is 1. The fourth-order valence-corrected chi connectivity index (χ4v) is 5.41. The highest BCUT2D eigenvalue weighted by atomic mass is 32.1. The number of alkyl halides is 3. The molecule has 2 atom stereocenters. The van der Waals surface area contributed by atoms with E-state index in [-0.39, 0.29) is 5.75 Å². The van der Waals surface area contributed by atoms with E-state index in [0.717, 1.165) is 23.8 Å². The van der Waals surface area contributed by atoms with Crippen molar-refractivity contribution in [3.05, 3.63) is 45.6 Å². The number of nitrogens with one attached hydrogen (secondary N) is 2. The van der Waals surface area contributed by atoms with E-state index in [1.165, 1.54) is 13.1 Å². The van der Waals surface area contributed by atoms with Crippen molar-refractivity contribution in [2.24, 2.45) is 5.73 Å². The monoisotopic (exact) mass is 553 g/mol. The third-order valence-corrected chi connectivity index (χ3v) is 7.74. The van der Waals surface area contributed by atoms with Gasteiger partial charge in [-0.15, -0.1) is 11.3 Å². The minimum atomic E-state index is -4.86. The molecule has 0 spiro atoms. The van der Waals surface area contributed by atoms with Gasteiger partial charge in [-0.1, -0.05) is 6.07 Å². The van der Waals surface area contributed by atoms with Crippen molar-refractivity contribution in [2.75, 3.05) is 25.5 Å². The summed E-state index contributed by atoms with van der Waals surface area (Å²) in [4.78, 5) is 52.1. The zero-order chi connectivity index (χ0) is 27.8. The lowest BCUT2D eigenvalue weighted by atomic mass is 9.98. The fraction of sp³-hybridized carbons (Fsp3) is 0.417. The van der Waals surface area contributed by atoms with E-state index >= 15 is 0 Å². The SMILES string of the molecule is CNC(=O)Nc1ccc2c(c1)CC[C@@H]2C(=O)N(CC(=O)N1Cc2sccc2OC[C@]1(C)C(F)(F)F)C(N)=O. The number of primary amides is 1. The Balaban J connectivity index is 1.58. The molecule has 1 aliphatic carbocycles. The Labute approximate surface area is 219 Å². The maximum atomic E-state index is 14.2. The summed E-state index contributed by atoms with van der Waals surface area (Å²) >= 11 is 1.13. The number of fused-ring (bicyclic) bond motifs is 2. The first kappa shape index (κ1) is 27.2. The van der Waals surface area contributed by atoms with Crippen LogP contribution < -0.4 is 21.1 Å². The van der Waals surface area contributed by atoms with E-state index in [0.29, 0.717) is 38.8 Å². The van der Waals surface area contributed by atoms with Crippen LogP contribution >= 0.6 is 11.3 Å². The number of thiophene rings is 1. The topological polar surface area (TPSA) is 134 Å². The predicted molar refractivity (Wildman–Crippen MR) is 132 cm³/mol. The van der Waals surface area contributed by atoms with Crippen LogP contribution in [0.25, 0.3) is 0 Å². The molecule has 0 bridgehead atoms. The zero-order valence-corrected chi connectivity index (χ0v) is 21.4. The maximum Gasteiger partial charge on any atom is 0.414 e. The summed E-state index contributed by atoms with van der Waals surface area (Å²) in [5, 5.41) is 6.69. The quantitative estimate of drug-likeness (QED) is 0.535. The summed E-state index contributed by atoms with van der Waals surface area (Å²) in [6.07, 6.45) is -4.11. The summed E-state index contributed by atoms with van der Waals surface area (Å²) in [5.74, 6) is -2.46. The van der Waals surface area contributed by atoms with Gasteiger partial charge in [-0.2, -0.15) is 13.2 Å². The lowest BCUT2D eigenvalue weighted by Crippen LogP contribution is -2.63. The second kappa shape index (κ2) is 10.2. The van der Waals surface area contributed by atoms with Gasteiger partial charge in [0.25, 0.3) is 0 Å². The average molecular weight is 554 g/mol. The molecular formula is C24H26F3N5O5S. The summed E-state index contributed by atoms with van der Waals surface area (Å²) in [5.41, 5.74) is 4.58. The van der Waals surface area contributed by atoms with Gasteiger partial charge in [0.2, 0.25) is 11.8 Å². The van der Waals surface area contributed by atoms with Crippen LogP contribution in [0.15, 0.2) is 29.6 Å². The molecule has 10 nitrogen and oxygen atoms in total. The van der Waals surface area contributed by atoms with E-state index in [9.17, 15) is 32.3 Å². The Morgan fingerprint density at radius 2 is 2.00 bits per heavy atom. The third-order valence-electron chi connectivity index (χ3n) is 6.85. The molecule has 1 aromatic carbocycles. The molecule has 0 saturated carbocycles. The molecule has 38 heavy (non-hydrogen) atoms. The number of imide groups is 1. The van der Waals surface area contributed by atoms with Gasteiger partial charge in [0.1, 0.15) is 18.9 Å². The Bertz CT molecular complexity index is 1280. The van der Waals surface area contributed by atoms with Crippen LogP contribution in [-0.2, 0) is 22.6 Å². The van der Waals surface area contributed by atoms with Crippen LogP contribution in [0.4, 0.5) is 28.4 Å². The van der Waals surface area contributed by atoms with Crippen LogP contribution in [0, 0.1) is 0 Å². The number of amides is 6. The van der Waals surface area contributed by atoms with E-state index < -0.39 is 61.2 Å². The molecule has 0 saturated heterocycles. The largest absolute Gasteiger partial charge is 0.490 e. The number of rotatable bonds is 4. The number of nitrogens with zero attached hydrogens (tertiary/aromatic N) is 2. The van der Waals surface area contributed by atoms with Crippen LogP contribution in [0.1, 0.15) is 35.3 Å². The van der Waals surface area contributed by atoms with Gasteiger partial charge in [-0.3, -0.25) is 14.5 Å². The first-order valence-corrected chi connectivity index (χ1v) is 12.5. The second-order valence-corrected chi connectivity index (χ2v) is 10.2. The molecular weight excluding hydrogens is 527 g/mol. The smallest absolute Gasteiger partial charge is 0.414 e. The van der Waals surface area contributed by atoms with Gasteiger partial charge in [0.15, 0.2) is 5.54 Å². The number of carbonyl (C=O) groups is 4. The molecule has 0 radical (unpaired) electrons. The number of carbonyl (C=O) groups excluding carboxylic acids is 4. The first-order valence-electron chi connectivity index (χ1n) is 11.6. The molecule has 6 amide bonds. The minimum absolute atomic E-state index is 0.247. The summed E-state index contributed by atoms with van der Waals surface area (Å²) in [6, 6.07) is 4.77. The predicted octanol–water partition coefficient (Wildman–Crippen LogP) is 3.18. The molecule has 0 fully saturated rings. The van der Waals surface area contributed by atoms with Gasteiger partial charge in [-0.05, 0) is 54.5 Å². The van der Waals surface area contributed by atoms with Gasteiger partial charge in [-0.25, -0.2) is 9.59 Å². The van der Waals surface area contributed by atoms with Crippen LogP contribution in [0.3, 0.4) is 0 Å². The van der Waals surface area contributed by atoms with Crippen molar-refractivity contribution < 1.29 is 37.1 Å². The number of hydrogen-bond donors (Lipinski definition) is 3. The Hall–Kier alpha value is -3.81. The lowest BCUT2D eigenvalue weighted by Gasteiger charge is -2.40. The van der Waals surface area contributed by atoms with E-state index in [4.69, 9.17) is 10.5 Å². The molecule has 0 unspecified atom stereocenters. The standard InChI is InChI=1S/C24H26F3N5O5S/c1-23(24(25,26)27)12-37-17-7-8-38-18(17)10-32(23)19(33)11-31(21(28)35)20(34)16-5-3-13-9-14(4-6-15(13)16)30-22(36)29-2/h4,6-9,16H,3,5,10-12H2,1-2H3,(H2,28,35)(H2,29,30,36)/t16-,23+/m0/s1. The Morgan fingerprint density at radius 3 is 2.66 bits per heavy atom. The van der Waals surface area contributed by atoms with E-state index in [1.54, 1.807) is 23.6 Å². The Morgan fingerprint density at radius 1 is 1.26 bits per heavy atom. The Kier molecular flexibility index (Phi) is 7.28. The molecule has 1 aromatic heterocycles. The van der Waals surface area contributed by atoms with Crippen molar-refractivity contribution in [3.63, 3.8) is 0 Å². The summed E-state index contributed by atoms with van der Waals surface area (Å²) < 4.78 is 47.9. The van der Waals surface area contributed by atoms with Crippen molar-refractivity contribution in [1.82, 2.24) is 15.1 Å². The average Bonchev–Trinajstić information content (AvgIpc) is 3.45. The number of urea groups is 2. The molecule has 2 aromatic rings. The van der Waals surface area contributed by atoms with Gasteiger partial charge >= 0.3 is 18.2 Å². The van der Waals surface area contributed by atoms with Gasteiger partial charge < -0.3 is 26.0 Å². The highest BCUT2D eigenvalue weighted by Gasteiger charge is 2.58. The van der Waals surface area contributed by atoms with Crippen LogP contribution in [0.5, 0.6) is 5.75 Å². The van der Waals surface area contributed by atoms with E-state index in [2.05, 4.69) is 10.6 Å². The second-order valence-electron chi connectivity index (χ2n) is 9.22. The van der Waals surface area contributed by atoms with Crippen molar-refractivity contribution in [2.45, 2.75) is 43.9 Å². The first-order chi connectivity index (χ1) is 17.9. The zero-order valence-electron chi connectivity index (χ0n) is 20.6. The minimum Gasteiger partial charge on any atom is -0.490 e. The molecule has 1 aliphatic heterocycles. The maximum absolute atomic E-state index is 14.2. The molecule has 204 valence electrons. The molecule has 2 heterocycles. The highest BCUT2D eigenvalue weighted by Crippen LogP contribution is 2.42. The summed E-state index contributed by atoms with van der Waals surface area (Å²) in [6.45, 7) is -1.37. The summed E-state index contributed by atoms with van der Waals surface area (Å²) in [7, 11) is 1.46. The third kappa shape index (κ3) is 4.99. The molecule has 14 heteroatoms. The number of nitrogens with two attached hydrogens (primary N) is 1. The lowest BCUT2D eigenvalue weighted by molar-refractivity contribution is -0.234. The number of benzene rings is 1. The number of hydrogen-bond acceptors (Lipinski definition) is 6. The fourth-order valence-electron chi connectivity index (χ4n) is 4.60. The van der Waals surface area contributed by atoms with Crippen molar-refractivity contribution in [3.8, 4) is 5.75 Å². The van der Waals surface area contributed by atoms with E-state index in [1.807, 2.05) is 0 Å². The normalized spacial score (nSPS) is 20.4. The molecule has 2 aliphatic rings. The number of halogens is 3. The van der Waals surface area contributed by atoms with Gasteiger partial charge in [0, 0.05) is 12.7 Å². The van der Waals surface area contributed by atoms with Gasteiger partial charge in [0.05, 0.1) is 17.3 Å². The van der Waals surface area contributed by atoms with Crippen LogP contribution in [-0.4, -0.2) is 65.6 Å². The molecule has 4 rings (SSSR count). The van der Waals surface area contributed by atoms with Crippen molar-refractivity contribution in [1.29, 1.82) is 0 Å². The van der Waals surface area contributed by atoms with Crippen molar-refractivity contribution >= 4 is 40.9 Å². The molecule has 4 N–H and O–H groups in total. The number of aryl methyl sites for hydroxylation is 1.